The number of carbonyl (C=O) groups excluding carboxylic acids is 1. The summed E-state index contributed by atoms with van der Waals surface area (Å²) in [7, 11) is 1.53. The Hall–Kier alpha value is -1.87. The summed E-state index contributed by atoms with van der Waals surface area (Å²) in [5, 5.41) is 13.5. The molecule has 0 unspecified atom stereocenters. The number of carbonyl (C=O) groups is 1. The molecule has 2 N–H and O–H groups in total. The van der Waals surface area contributed by atoms with Crippen LogP contribution in [0.1, 0.15) is 20.8 Å². The number of para-hydroxylation sites is 2. The molecule has 0 saturated carbocycles. The molecule has 1 amide bonds. The van der Waals surface area contributed by atoms with Gasteiger partial charge in [-0.25, -0.2) is 0 Å². The third-order valence-electron chi connectivity index (χ3n) is 4.37. The summed E-state index contributed by atoms with van der Waals surface area (Å²) in [4.78, 5) is 11.6. The minimum absolute atomic E-state index is 0.243. The lowest BCUT2D eigenvalue weighted by molar-refractivity contribution is -0.361. The summed E-state index contributed by atoms with van der Waals surface area (Å²) >= 11 is 0. The van der Waals surface area contributed by atoms with Gasteiger partial charge in [0.1, 0.15) is 24.4 Å². The fraction of sp³-hybridized carbons (Fsp3) is 0.611. The zero-order chi connectivity index (χ0) is 18.9. The fourth-order valence-corrected chi connectivity index (χ4v) is 3.17. The maximum Gasteiger partial charge on any atom is 0.223 e. The number of ether oxygens (including phenoxy) is 5. The first kappa shape index (κ1) is 18.9. The molecule has 2 fully saturated rings. The molecule has 2 aliphatic rings. The standard InChI is InChI=1S/C18H25NO7/c1-10(20)19-14-15(21)16-13(9-23-18(2,3)26-16)25-17(14)24-12-8-6-5-7-11(12)22-4/h5-8,13-17,21H,9H2,1-4H3,(H,19,20)/t13-,14+,15+,16+,17-/m1/s1. The summed E-state index contributed by atoms with van der Waals surface area (Å²) in [6.45, 7) is 5.14. The first-order chi connectivity index (χ1) is 12.3. The van der Waals surface area contributed by atoms with Crippen molar-refractivity contribution < 1.29 is 33.6 Å². The van der Waals surface area contributed by atoms with Gasteiger partial charge in [-0.15, -0.1) is 0 Å². The second-order valence-corrected chi connectivity index (χ2v) is 6.82. The van der Waals surface area contributed by atoms with Crippen LogP contribution in [0.2, 0.25) is 0 Å². The van der Waals surface area contributed by atoms with Crippen LogP contribution in [0, 0.1) is 0 Å². The molecule has 2 aliphatic heterocycles. The summed E-state index contributed by atoms with van der Waals surface area (Å²) in [6.07, 6.45) is -3.13. The Morgan fingerprint density at radius 2 is 2.00 bits per heavy atom. The molecule has 0 spiro atoms. The molecule has 26 heavy (non-hydrogen) atoms. The molecule has 8 nitrogen and oxygen atoms in total. The molecule has 0 aromatic heterocycles. The van der Waals surface area contributed by atoms with Crippen molar-refractivity contribution in [3.8, 4) is 11.5 Å². The number of amides is 1. The monoisotopic (exact) mass is 367 g/mol. The molecule has 144 valence electrons. The van der Waals surface area contributed by atoms with Crippen LogP contribution < -0.4 is 14.8 Å². The van der Waals surface area contributed by atoms with E-state index in [1.54, 1.807) is 32.0 Å². The van der Waals surface area contributed by atoms with Gasteiger partial charge in [0.2, 0.25) is 12.2 Å². The van der Waals surface area contributed by atoms with Gasteiger partial charge in [0, 0.05) is 6.92 Å². The largest absolute Gasteiger partial charge is 0.493 e. The maximum atomic E-state index is 11.6. The Balaban J connectivity index is 1.84. The summed E-state index contributed by atoms with van der Waals surface area (Å²) in [5.74, 6) is -0.190. The lowest BCUT2D eigenvalue weighted by Crippen LogP contribution is -2.69. The van der Waals surface area contributed by atoms with Gasteiger partial charge in [-0.1, -0.05) is 12.1 Å². The normalized spacial score (nSPS) is 33.0. The third kappa shape index (κ3) is 3.93. The molecule has 0 aliphatic carbocycles. The first-order valence-electron chi connectivity index (χ1n) is 8.53. The number of benzene rings is 1. The van der Waals surface area contributed by atoms with Crippen LogP contribution in [0.3, 0.4) is 0 Å². The highest BCUT2D eigenvalue weighted by atomic mass is 16.8. The van der Waals surface area contributed by atoms with Gasteiger partial charge in [-0.3, -0.25) is 4.79 Å². The molecular weight excluding hydrogens is 342 g/mol. The number of aliphatic hydroxyl groups is 1. The van der Waals surface area contributed by atoms with Crippen molar-refractivity contribution in [1.29, 1.82) is 0 Å². The minimum Gasteiger partial charge on any atom is -0.493 e. The van der Waals surface area contributed by atoms with Crippen molar-refractivity contribution >= 4 is 5.91 Å². The van der Waals surface area contributed by atoms with Crippen LogP contribution in [0.25, 0.3) is 0 Å². The molecule has 2 heterocycles. The van der Waals surface area contributed by atoms with Crippen molar-refractivity contribution in [1.82, 2.24) is 5.32 Å². The second kappa shape index (κ2) is 7.40. The highest BCUT2D eigenvalue weighted by Crippen LogP contribution is 2.35. The number of hydrogen-bond acceptors (Lipinski definition) is 7. The Labute approximate surface area is 152 Å². The van der Waals surface area contributed by atoms with Crippen LogP contribution >= 0.6 is 0 Å². The Morgan fingerprint density at radius 1 is 1.31 bits per heavy atom. The number of fused-ring (bicyclic) bond motifs is 1. The zero-order valence-electron chi connectivity index (χ0n) is 15.3. The van der Waals surface area contributed by atoms with Crippen molar-refractivity contribution in [3.05, 3.63) is 24.3 Å². The minimum atomic E-state index is -1.03. The zero-order valence-corrected chi connectivity index (χ0v) is 15.3. The molecule has 8 heteroatoms. The summed E-state index contributed by atoms with van der Waals surface area (Å²) in [5.41, 5.74) is 0. The lowest BCUT2D eigenvalue weighted by Gasteiger charge is -2.49. The molecule has 0 bridgehead atoms. The van der Waals surface area contributed by atoms with E-state index < -0.39 is 36.4 Å². The molecule has 1 aromatic rings. The Kier molecular flexibility index (Phi) is 5.38. The predicted molar refractivity (Wildman–Crippen MR) is 90.8 cm³/mol. The van der Waals surface area contributed by atoms with E-state index in [0.29, 0.717) is 11.5 Å². The molecule has 0 radical (unpaired) electrons. The second-order valence-electron chi connectivity index (χ2n) is 6.82. The Bertz CT molecular complexity index is 650. The van der Waals surface area contributed by atoms with E-state index >= 15 is 0 Å². The van der Waals surface area contributed by atoms with Crippen molar-refractivity contribution in [2.24, 2.45) is 0 Å². The van der Waals surface area contributed by atoms with Crippen LogP contribution in [0.5, 0.6) is 11.5 Å². The van der Waals surface area contributed by atoms with Crippen LogP contribution in [-0.2, 0) is 19.0 Å². The third-order valence-corrected chi connectivity index (χ3v) is 4.37. The van der Waals surface area contributed by atoms with Gasteiger partial charge in [0.05, 0.1) is 13.7 Å². The van der Waals surface area contributed by atoms with Gasteiger partial charge < -0.3 is 34.1 Å². The van der Waals surface area contributed by atoms with Crippen molar-refractivity contribution in [3.63, 3.8) is 0 Å². The first-order valence-corrected chi connectivity index (χ1v) is 8.53. The van der Waals surface area contributed by atoms with E-state index in [4.69, 9.17) is 23.7 Å². The fourth-order valence-electron chi connectivity index (χ4n) is 3.17. The number of aliphatic hydroxyl groups excluding tert-OH is 1. The van der Waals surface area contributed by atoms with Gasteiger partial charge in [0.15, 0.2) is 17.3 Å². The van der Waals surface area contributed by atoms with E-state index in [0.717, 1.165) is 0 Å². The number of rotatable bonds is 4. The van der Waals surface area contributed by atoms with Crippen molar-refractivity contribution in [2.75, 3.05) is 13.7 Å². The number of nitrogens with one attached hydrogen (secondary N) is 1. The molecule has 5 atom stereocenters. The average Bonchev–Trinajstić information content (AvgIpc) is 2.59. The van der Waals surface area contributed by atoms with E-state index in [1.165, 1.54) is 14.0 Å². The molecule has 3 rings (SSSR count). The van der Waals surface area contributed by atoms with E-state index in [1.807, 2.05) is 6.07 Å². The van der Waals surface area contributed by atoms with E-state index in [2.05, 4.69) is 5.32 Å². The van der Waals surface area contributed by atoms with Gasteiger partial charge in [0.25, 0.3) is 0 Å². The van der Waals surface area contributed by atoms with Gasteiger partial charge in [-0.2, -0.15) is 0 Å². The Morgan fingerprint density at radius 3 is 2.65 bits per heavy atom. The smallest absolute Gasteiger partial charge is 0.223 e. The highest BCUT2D eigenvalue weighted by Gasteiger charge is 2.52. The predicted octanol–water partition coefficient (Wildman–Crippen LogP) is 0.816. The maximum absolute atomic E-state index is 11.6. The van der Waals surface area contributed by atoms with Crippen LogP contribution in [-0.4, -0.2) is 61.2 Å². The molecule has 1 aromatic carbocycles. The van der Waals surface area contributed by atoms with Crippen molar-refractivity contribution in [2.45, 2.75) is 57.2 Å². The van der Waals surface area contributed by atoms with Crippen LogP contribution in [0.4, 0.5) is 0 Å². The molecule has 2 saturated heterocycles. The summed E-state index contributed by atoms with van der Waals surface area (Å²) < 4.78 is 28.6. The number of hydrogen-bond donors (Lipinski definition) is 2. The SMILES string of the molecule is COc1ccccc1O[C@@H]1O[C@@H]2COC(C)(C)O[C@@H]2[C@@H](O)[C@@H]1NC(C)=O. The lowest BCUT2D eigenvalue weighted by atomic mass is 9.95. The van der Waals surface area contributed by atoms with E-state index in [9.17, 15) is 9.90 Å². The average molecular weight is 367 g/mol. The van der Waals surface area contributed by atoms with Gasteiger partial charge in [-0.05, 0) is 26.0 Å². The summed E-state index contributed by atoms with van der Waals surface area (Å²) in [6, 6.07) is 6.27. The van der Waals surface area contributed by atoms with Crippen LogP contribution in [0.15, 0.2) is 24.3 Å². The number of methoxy groups -OCH3 is 1. The van der Waals surface area contributed by atoms with Gasteiger partial charge >= 0.3 is 0 Å². The highest BCUT2D eigenvalue weighted by molar-refractivity contribution is 5.73. The topological polar surface area (TPSA) is 95.5 Å². The quantitative estimate of drug-likeness (QED) is 0.813. The molecular formula is C18H25NO7. The van der Waals surface area contributed by atoms with E-state index in [-0.39, 0.29) is 12.5 Å².